The van der Waals surface area contributed by atoms with Gasteiger partial charge in [0.2, 0.25) is 0 Å². The van der Waals surface area contributed by atoms with E-state index in [0.29, 0.717) is 15.7 Å². The van der Waals surface area contributed by atoms with Crippen LogP contribution in [0.2, 0.25) is 0 Å². The molecule has 152 valence electrons. The van der Waals surface area contributed by atoms with Crippen molar-refractivity contribution in [3.05, 3.63) is 63.3 Å². The molecule has 0 aliphatic carbocycles. The number of carbonyl (C=O) groups excluding carboxylic acids is 1. The second kappa shape index (κ2) is 8.75. The van der Waals surface area contributed by atoms with E-state index in [0.717, 1.165) is 39.6 Å². The summed E-state index contributed by atoms with van der Waals surface area (Å²) in [5.74, 6) is -0.370. The number of ether oxygens (including phenoxy) is 1. The monoisotopic (exact) mass is 428 g/mol. The van der Waals surface area contributed by atoms with Crippen molar-refractivity contribution in [2.45, 2.75) is 34.2 Å². The number of thiocarbonyl (C=S) groups is 1. The van der Waals surface area contributed by atoms with Crippen molar-refractivity contribution in [2.24, 2.45) is 0 Å². The van der Waals surface area contributed by atoms with Crippen LogP contribution in [0.25, 0.3) is 0 Å². The highest BCUT2D eigenvalue weighted by atomic mass is 32.1. The molecule has 3 aromatic rings. The van der Waals surface area contributed by atoms with Gasteiger partial charge in [0.05, 0.1) is 24.9 Å². The lowest BCUT2D eigenvalue weighted by atomic mass is 10.1. The number of thiophene rings is 1. The van der Waals surface area contributed by atoms with Crippen LogP contribution in [0.5, 0.6) is 0 Å². The van der Waals surface area contributed by atoms with Gasteiger partial charge in [-0.15, -0.1) is 11.3 Å². The summed E-state index contributed by atoms with van der Waals surface area (Å²) in [6.45, 7) is 8.64. The number of anilines is 2. The summed E-state index contributed by atoms with van der Waals surface area (Å²) in [6.07, 6.45) is 0. The minimum absolute atomic E-state index is 0.370. The van der Waals surface area contributed by atoms with Crippen LogP contribution in [-0.4, -0.2) is 28.0 Å². The van der Waals surface area contributed by atoms with E-state index in [1.54, 1.807) is 0 Å². The lowest BCUT2D eigenvalue weighted by molar-refractivity contribution is 0.0601. The first-order valence-corrected chi connectivity index (χ1v) is 10.4. The summed E-state index contributed by atoms with van der Waals surface area (Å²) in [5.41, 5.74) is 5.60. The summed E-state index contributed by atoms with van der Waals surface area (Å²) in [4.78, 5) is 13.1. The number of rotatable bonds is 5. The number of hydrogen-bond donors (Lipinski definition) is 2. The van der Waals surface area contributed by atoms with Gasteiger partial charge >= 0.3 is 5.97 Å². The van der Waals surface area contributed by atoms with Gasteiger partial charge in [-0.1, -0.05) is 12.1 Å². The van der Waals surface area contributed by atoms with Crippen LogP contribution in [0.4, 0.5) is 10.7 Å². The Balaban J connectivity index is 1.66. The molecule has 0 saturated heterocycles. The van der Waals surface area contributed by atoms with Crippen molar-refractivity contribution >= 4 is 45.3 Å². The normalized spacial score (nSPS) is 10.7. The molecule has 6 nitrogen and oxygen atoms in total. The summed E-state index contributed by atoms with van der Waals surface area (Å²) in [7, 11) is 1.38. The molecule has 0 aliphatic heterocycles. The highest BCUT2D eigenvalue weighted by Crippen LogP contribution is 2.33. The molecule has 1 aromatic carbocycles. The Morgan fingerprint density at radius 1 is 1.17 bits per heavy atom. The first kappa shape index (κ1) is 21.0. The highest BCUT2D eigenvalue weighted by molar-refractivity contribution is 7.80. The summed E-state index contributed by atoms with van der Waals surface area (Å²) < 4.78 is 6.89. The third-order valence-electron chi connectivity index (χ3n) is 4.65. The lowest BCUT2D eigenvalue weighted by Crippen LogP contribution is -2.20. The molecular weight excluding hydrogens is 404 g/mol. The minimum Gasteiger partial charge on any atom is -0.465 e. The zero-order valence-corrected chi connectivity index (χ0v) is 18.8. The summed E-state index contributed by atoms with van der Waals surface area (Å²) in [5, 5.41) is 11.9. The van der Waals surface area contributed by atoms with Crippen LogP contribution in [0.3, 0.4) is 0 Å². The summed E-state index contributed by atoms with van der Waals surface area (Å²) in [6, 6.07) is 10.1. The lowest BCUT2D eigenvalue weighted by Gasteiger charge is -2.11. The molecule has 2 heterocycles. The van der Waals surface area contributed by atoms with E-state index in [1.165, 1.54) is 18.4 Å². The second-order valence-electron chi connectivity index (χ2n) is 6.84. The molecular formula is C21H24N4O2S2. The van der Waals surface area contributed by atoms with E-state index in [1.807, 2.05) is 49.7 Å². The SMILES string of the molecule is COC(=O)c1c(NC(=S)Nc2ccc(Cn3nc(C)cc3C)cc2)sc(C)c1C. The Bertz CT molecular complexity index is 1050. The quantitative estimate of drug-likeness (QED) is 0.448. The molecule has 3 rings (SSSR count). The Morgan fingerprint density at radius 2 is 1.86 bits per heavy atom. The molecule has 0 radical (unpaired) electrons. The maximum Gasteiger partial charge on any atom is 0.341 e. The van der Waals surface area contributed by atoms with Gasteiger partial charge in [0.1, 0.15) is 5.00 Å². The fraction of sp³-hybridized carbons (Fsp3) is 0.286. The van der Waals surface area contributed by atoms with Crippen LogP contribution in [0.1, 0.15) is 37.7 Å². The molecule has 0 bridgehead atoms. The molecule has 0 unspecified atom stereocenters. The fourth-order valence-corrected chi connectivity index (χ4v) is 4.37. The van der Waals surface area contributed by atoms with E-state index >= 15 is 0 Å². The number of aromatic nitrogens is 2. The van der Waals surface area contributed by atoms with Crippen LogP contribution in [0.15, 0.2) is 30.3 Å². The highest BCUT2D eigenvalue weighted by Gasteiger charge is 2.20. The Hall–Kier alpha value is -2.71. The van der Waals surface area contributed by atoms with Gasteiger partial charge in [0, 0.05) is 16.3 Å². The van der Waals surface area contributed by atoms with Gasteiger partial charge in [-0.25, -0.2) is 4.79 Å². The van der Waals surface area contributed by atoms with Crippen molar-refractivity contribution < 1.29 is 9.53 Å². The molecule has 8 heteroatoms. The first-order valence-electron chi connectivity index (χ1n) is 9.14. The van der Waals surface area contributed by atoms with Crippen molar-refractivity contribution in [1.82, 2.24) is 9.78 Å². The maximum absolute atomic E-state index is 12.1. The molecule has 0 spiro atoms. The number of nitrogens with zero attached hydrogens (tertiary/aromatic N) is 2. The Kier molecular flexibility index (Phi) is 6.34. The smallest absolute Gasteiger partial charge is 0.341 e. The van der Waals surface area contributed by atoms with Crippen LogP contribution in [0, 0.1) is 27.7 Å². The zero-order chi connectivity index (χ0) is 21.1. The molecule has 2 N–H and O–H groups in total. The van der Waals surface area contributed by atoms with E-state index in [4.69, 9.17) is 17.0 Å². The maximum atomic E-state index is 12.1. The predicted molar refractivity (Wildman–Crippen MR) is 122 cm³/mol. The average molecular weight is 429 g/mol. The van der Waals surface area contributed by atoms with Crippen LogP contribution >= 0.6 is 23.6 Å². The van der Waals surface area contributed by atoms with Crippen molar-refractivity contribution in [3.8, 4) is 0 Å². The molecule has 29 heavy (non-hydrogen) atoms. The molecule has 0 aliphatic rings. The van der Waals surface area contributed by atoms with Gasteiger partial charge in [-0.05, 0) is 69.2 Å². The molecule has 0 saturated carbocycles. The van der Waals surface area contributed by atoms with Gasteiger partial charge in [0.25, 0.3) is 0 Å². The van der Waals surface area contributed by atoms with Crippen LogP contribution in [-0.2, 0) is 11.3 Å². The largest absolute Gasteiger partial charge is 0.465 e. The number of benzene rings is 1. The Morgan fingerprint density at radius 3 is 2.45 bits per heavy atom. The van der Waals surface area contributed by atoms with Crippen molar-refractivity contribution in [3.63, 3.8) is 0 Å². The molecule has 0 amide bonds. The van der Waals surface area contributed by atoms with Crippen LogP contribution < -0.4 is 10.6 Å². The number of carbonyl (C=O) groups is 1. The molecule has 2 aromatic heterocycles. The Labute approximate surface area is 179 Å². The van der Waals surface area contributed by atoms with Crippen molar-refractivity contribution in [2.75, 3.05) is 17.7 Å². The van der Waals surface area contributed by atoms with Gasteiger partial charge in [-0.3, -0.25) is 4.68 Å². The number of methoxy groups -OCH3 is 1. The third kappa shape index (κ3) is 4.83. The van der Waals surface area contributed by atoms with E-state index in [-0.39, 0.29) is 5.97 Å². The molecule has 0 fully saturated rings. The first-order chi connectivity index (χ1) is 13.8. The fourth-order valence-electron chi connectivity index (χ4n) is 3.03. The topological polar surface area (TPSA) is 68.2 Å². The predicted octanol–water partition coefficient (Wildman–Crippen LogP) is 4.82. The summed E-state index contributed by atoms with van der Waals surface area (Å²) >= 11 is 6.91. The van der Waals surface area contributed by atoms with Gasteiger partial charge in [0.15, 0.2) is 5.11 Å². The standard InChI is InChI=1S/C21H24N4O2S2/c1-12-10-13(2)25(24-12)11-16-6-8-17(9-7-16)22-21(28)23-19-18(20(26)27-5)14(3)15(4)29-19/h6-10H,11H2,1-5H3,(H2,22,23,28). The van der Waals surface area contributed by atoms with E-state index in [2.05, 4.69) is 28.7 Å². The number of aryl methyl sites for hydroxylation is 3. The number of hydrogen-bond acceptors (Lipinski definition) is 5. The number of nitrogens with one attached hydrogen (secondary N) is 2. The van der Waals surface area contributed by atoms with Gasteiger partial charge < -0.3 is 15.4 Å². The zero-order valence-electron chi connectivity index (χ0n) is 17.1. The third-order valence-corrected chi connectivity index (χ3v) is 5.98. The number of esters is 1. The van der Waals surface area contributed by atoms with E-state index < -0.39 is 0 Å². The minimum atomic E-state index is -0.370. The van der Waals surface area contributed by atoms with E-state index in [9.17, 15) is 4.79 Å². The van der Waals surface area contributed by atoms with Crippen molar-refractivity contribution in [1.29, 1.82) is 0 Å². The second-order valence-corrected chi connectivity index (χ2v) is 8.47. The molecule has 0 atom stereocenters. The average Bonchev–Trinajstić information content (AvgIpc) is 3.13. The van der Waals surface area contributed by atoms with Gasteiger partial charge in [-0.2, -0.15) is 5.10 Å².